The third-order valence-electron chi connectivity index (χ3n) is 3.54. The number of aromatic nitrogens is 2. The van der Waals surface area contributed by atoms with Gasteiger partial charge < -0.3 is 4.74 Å². The molecule has 0 unspecified atom stereocenters. The number of ketones is 1. The second-order valence-corrected chi connectivity index (χ2v) is 5.85. The minimum Gasteiger partial charge on any atom is -0.496 e. The van der Waals surface area contributed by atoms with Crippen molar-refractivity contribution in [2.45, 2.75) is 33.7 Å². The van der Waals surface area contributed by atoms with Gasteiger partial charge in [0, 0.05) is 22.2 Å². The van der Waals surface area contributed by atoms with E-state index in [9.17, 15) is 4.79 Å². The van der Waals surface area contributed by atoms with Crippen LogP contribution in [0, 0.1) is 13.8 Å². The maximum absolute atomic E-state index is 12.0. The lowest BCUT2D eigenvalue weighted by Gasteiger charge is -2.10. The summed E-state index contributed by atoms with van der Waals surface area (Å²) in [5.41, 5.74) is 3.45. The van der Waals surface area contributed by atoms with Gasteiger partial charge in [0.1, 0.15) is 5.75 Å². The van der Waals surface area contributed by atoms with Crippen LogP contribution < -0.4 is 4.74 Å². The molecule has 0 fully saturated rings. The largest absolute Gasteiger partial charge is 0.496 e. The van der Waals surface area contributed by atoms with Crippen LogP contribution in [0.3, 0.4) is 0 Å². The minimum absolute atomic E-state index is 0.137. The van der Waals surface area contributed by atoms with E-state index in [-0.39, 0.29) is 5.78 Å². The van der Waals surface area contributed by atoms with Crippen LogP contribution in [0.2, 0.25) is 0 Å². The van der Waals surface area contributed by atoms with Crippen molar-refractivity contribution >= 4 is 21.7 Å². The smallest absolute Gasteiger partial charge is 0.166 e. The molecule has 0 aliphatic rings. The van der Waals surface area contributed by atoms with E-state index in [1.54, 1.807) is 7.11 Å². The van der Waals surface area contributed by atoms with Crippen LogP contribution in [0.1, 0.15) is 40.7 Å². The first-order valence-corrected chi connectivity index (χ1v) is 7.66. The summed E-state index contributed by atoms with van der Waals surface area (Å²) in [6.45, 7) is 6.26. The van der Waals surface area contributed by atoms with E-state index >= 15 is 0 Å². The normalized spacial score (nSPS) is 10.7. The number of Topliss-reactive ketones (excluding diaryl/α,β-unsaturated/α-hetero) is 1. The molecule has 112 valence electrons. The van der Waals surface area contributed by atoms with Crippen LogP contribution in [-0.2, 0) is 6.54 Å². The fraction of sp³-hybridized carbons (Fsp3) is 0.375. The standard InChI is InChI=1S/C16H19BrN2O2/c1-5-14(20)16-10(2)18-19(11(16)3)9-12-8-13(17)6-7-15(12)21-4/h6-8H,5,9H2,1-4H3. The van der Waals surface area contributed by atoms with Gasteiger partial charge in [-0.1, -0.05) is 22.9 Å². The number of benzene rings is 1. The van der Waals surface area contributed by atoms with Crippen LogP contribution in [0.15, 0.2) is 22.7 Å². The van der Waals surface area contributed by atoms with E-state index in [1.165, 1.54) is 0 Å². The molecule has 0 radical (unpaired) electrons. The Morgan fingerprint density at radius 1 is 1.38 bits per heavy atom. The summed E-state index contributed by atoms with van der Waals surface area (Å²) >= 11 is 3.47. The second-order valence-electron chi connectivity index (χ2n) is 4.94. The van der Waals surface area contributed by atoms with Crippen molar-refractivity contribution in [1.29, 1.82) is 0 Å². The van der Waals surface area contributed by atoms with E-state index < -0.39 is 0 Å². The monoisotopic (exact) mass is 350 g/mol. The highest BCUT2D eigenvalue weighted by Gasteiger charge is 2.18. The Morgan fingerprint density at radius 2 is 2.10 bits per heavy atom. The first-order chi connectivity index (χ1) is 9.97. The van der Waals surface area contributed by atoms with Gasteiger partial charge in [-0.3, -0.25) is 9.48 Å². The van der Waals surface area contributed by atoms with Gasteiger partial charge in [0.25, 0.3) is 0 Å². The summed E-state index contributed by atoms with van der Waals surface area (Å²) in [5.74, 6) is 0.951. The third kappa shape index (κ3) is 3.18. The third-order valence-corrected chi connectivity index (χ3v) is 4.04. The molecule has 21 heavy (non-hydrogen) atoms. The molecule has 2 rings (SSSR count). The molecule has 0 atom stereocenters. The molecule has 2 aromatic rings. The molecule has 0 bridgehead atoms. The number of hydrogen-bond donors (Lipinski definition) is 0. The maximum Gasteiger partial charge on any atom is 0.166 e. The quantitative estimate of drug-likeness (QED) is 0.767. The Kier molecular flexibility index (Phi) is 4.83. The van der Waals surface area contributed by atoms with Gasteiger partial charge >= 0.3 is 0 Å². The molecular formula is C16H19BrN2O2. The fourth-order valence-corrected chi connectivity index (χ4v) is 2.87. The number of nitrogens with zero attached hydrogens (tertiary/aromatic N) is 2. The molecular weight excluding hydrogens is 332 g/mol. The molecule has 0 aliphatic carbocycles. The van der Waals surface area contributed by atoms with Crippen LogP contribution in [0.25, 0.3) is 0 Å². The van der Waals surface area contributed by atoms with Gasteiger partial charge in [-0.15, -0.1) is 0 Å². The number of methoxy groups -OCH3 is 1. The highest BCUT2D eigenvalue weighted by molar-refractivity contribution is 9.10. The van der Waals surface area contributed by atoms with Gasteiger partial charge in [-0.25, -0.2) is 0 Å². The Labute approximate surface area is 133 Å². The van der Waals surface area contributed by atoms with Gasteiger partial charge in [0.2, 0.25) is 0 Å². The number of carbonyl (C=O) groups is 1. The highest BCUT2D eigenvalue weighted by atomic mass is 79.9. The fourth-order valence-electron chi connectivity index (χ4n) is 2.46. The van der Waals surface area contributed by atoms with Crippen LogP contribution >= 0.6 is 15.9 Å². The molecule has 1 aromatic carbocycles. The van der Waals surface area contributed by atoms with Gasteiger partial charge in [-0.2, -0.15) is 5.10 Å². The molecule has 5 heteroatoms. The minimum atomic E-state index is 0.137. The number of aryl methyl sites for hydroxylation is 1. The number of ether oxygens (including phenoxy) is 1. The molecule has 0 N–H and O–H groups in total. The van der Waals surface area contributed by atoms with E-state index in [0.717, 1.165) is 32.7 Å². The zero-order valence-electron chi connectivity index (χ0n) is 12.7. The van der Waals surface area contributed by atoms with Gasteiger partial charge in [0.05, 0.1) is 24.9 Å². The second kappa shape index (κ2) is 6.43. The predicted molar refractivity (Wildman–Crippen MR) is 86.1 cm³/mol. The van der Waals surface area contributed by atoms with Crippen LogP contribution in [-0.4, -0.2) is 22.7 Å². The van der Waals surface area contributed by atoms with Crippen LogP contribution in [0.4, 0.5) is 0 Å². The first-order valence-electron chi connectivity index (χ1n) is 6.87. The summed E-state index contributed by atoms with van der Waals surface area (Å²) in [4.78, 5) is 12.0. The van der Waals surface area contributed by atoms with E-state index in [0.29, 0.717) is 13.0 Å². The van der Waals surface area contributed by atoms with Crippen molar-refractivity contribution in [3.63, 3.8) is 0 Å². The lowest BCUT2D eigenvalue weighted by molar-refractivity contribution is 0.0987. The zero-order chi connectivity index (χ0) is 15.6. The van der Waals surface area contributed by atoms with Crippen molar-refractivity contribution in [3.05, 3.63) is 45.2 Å². The summed E-state index contributed by atoms with van der Waals surface area (Å²) in [6, 6.07) is 5.87. The Balaban J connectivity index is 2.41. The highest BCUT2D eigenvalue weighted by Crippen LogP contribution is 2.25. The zero-order valence-corrected chi connectivity index (χ0v) is 14.3. The average molecular weight is 351 g/mol. The first kappa shape index (κ1) is 15.8. The molecule has 0 aliphatic heterocycles. The summed E-state index contributed by atoms with van der Waals surface area (Å²) in [6.07, 6.45) is 0.494. The van der Waals surface area contributed by atoms with Crippen molar-refractivity contribution < 1.29 is 9.53 Å². The molecule has 1 aromatic heterocycles. The Bertz CT molecular complexity index is 677. The molecule has 0 saturated heterocycles. The van der Waals surface area contributed by atoms with Crippen molar-refractivity contribution in [2.24, 2.45) is 0 Å². The predicted octanol–water partition coefficient (Wildman–Crippen LogP) is 3.91. The maximum atomic E-state index is 12.0. The van der Waals surface area contributed by atoms with E-state index in [2.05, 4.69) is 21.0 Å². The number of hydrogen-bond acceptors (Lipinski definition) is 3. The summed E-state index contributed by atoms with van der Waals surface area (Å²) in [7, 11) is 1.65. The van der Waals surface area contributed by atoms with Crippen molar-refractivity contribution in [3.8, 4) is 5.75 Å². The average Bonchev–Trinajstić information content (AvgIpc) is 2.73. The Morgan fingerprint density at radius 3 is 2.71 bits per heavy atom. The number of rotatable bonds is 5. The van der Waals surface area contributed by atoms with Gasteiger partial charge in [-0.05, 0) is 32.0 Å². The SMILES string of the molecule is CCC(=O)c1c(C)nn(Cc2cc(Br)ccc2OC)c1C. The van der Waals surface area contributed by atoms with Crippen LogP contribution in [0.5, 0.6) is 5.75 Å². The van der Waals surface area contributed by atoms with Gasteiger partial charge in [0.15, 0.2) is 5.78 Å². The Hall–Kier alpha value is -1.62. The molecule has 4 nitrogen and oxygen atoms in total. The lowest BCUT2D eigenvalue weighted by atomic mass is 10.1. The molecule has 0 saturated carbocycles. The lowest BCUT2D eigenvalue weighted by Crippen LogP contribution is -2.07. The van der Waals surface area contributed by atoms with E-state index in [1.807, 2.05) is 43.7 Å². The van der Waals surface area contributed by atoms with Crippen molar-refractivity contribution in [1.82, 2.24) is 9.78 Å². The van der Waals surface area contributed by atoms with Crippen molar-refractivity contribution in [2.75, 3.05) is 7.11 Å². The molecule has 1 heterocycles. The number of halogens is 1. The topological polar surface area (TPSA) is 44.1 Å². The molecule has 0 amide bonds. The summed E-state index contributed by atoms with van der Waals surface area (Å²) < 4.78 is 8.24. The molecule has 0 spiro atoms. The summed E-state index contributed by atoms with van der Waals surface area (Å²) in [5, 5.41) is 4.50. The number of carbonyl (C=O) groups excluding carboxylic acids is 1. The van der Waals surface area contributed by atoms with E-state index in [4.69, 9.17) is 4.74 Å².